The maximum Gasteiger partial charge on any atom is 0.331 e. The van der Waals surface area contributed by atoms with E-state index in [1.54, 1.807) is 54.4 Å². The van der Waals surface area contributed by atoms with Crippen molar-refractivity contribution in [3.05, 3.63) is 71.9 Å². The van der Waals surface area contributed by atoms with Crippen LogP contribution in [0.3, 0.4) is 0 Å². The van der Waals surface area contributed by atoms with Crippen LogP contribution in [-0.4, -0.2) is 306 Å². The molecule has 680 valence electrons. The maximum atomic E-state index is 14.3. The summed E-state index contributed by atoms with van der Waals surface area (Å²) in [6, 6.07) is 0. The lowest BCUT2D eigenvalue weighted by Gasteiger charge is -2.40. The molecule has 36 atom stereocenters. The molecule has 0 aromatic carbocycles. The molecule has 28 heteroatoms. The average molecular weight is 1680 g/mol. The minimum absolute atomic E-state index is 0.0202. The van der Waals surface area contributed by atoms with E-state index in [1.807, 2.05) is 91.8 Å². The minimum Gasteiger partial charge on any atom is -0.458 e. The molecule has 4 saturated heterocycles. The van der Waals surface area contributed by atoms with Crippen LogP contribution in [0.1, 0.15) is 198 Å². The molecule has 4 fully saturated rings. The number of aliphatic hydroxyl groups excluding tert-OH is 8. The van der Waals surface area contributed by atoms with Crippen LogP contribution >= 0.6 is 0 Å². The number of aliphatic hydroxyl groups is 8. The Morgan fingerprint density at radius 3 is 1.11 bits per heavy atom. The van der Waals surface area contributed by atoms with Gasteiger partial charge in [-0.15, -0.1) is 0 Å². The van der Waals surface area contributed by atoms with Gasteiger partial charge in [0, 0.05) is 118 Å². The zero-order valence-corrected chi connectivity index (χ0v) is 73.9. The van der Waals surface area contributed by atoms with E-state index in [4.69, 9.17) is 85.3 Å². The molecule has 0 radical (unpaired) electrons. The normalized spacial score (nSPS) is 41.5. The van der Waals surface area contributed by atoms with E-state index < -0.39 is 170 Å². The number of fused-ring (bicyclic) bond motifs is 4. The predicted molar refractivity (Wildman–Crippen MR) is 441 cm³/mol. The first-order valence-corrected chi connectivity index (χ1v) is 43.6. The Kier molecular flexibility index (Phi) is 44.5. The number of rotatable bonds is 24. The van der Waals surface area contributed by atoms with E-state index in [-0.39, 0.29) is 112 Å². The van der Waals surface area contributed by atoms with Gasteiger partial charge in [-0.05, 0) is 142 Å². The summed E-state index contributed by atoms with van der Waals surface area (Å²) < 4.78 is 111. The average Bonchev–Trinajstić information content (AvgIpc) is 0.831. The van der Waals surface area contributed by atoms with Crippen LogP contribution in [0.25, 0.3) is 0 Å². The Bertz CT molecular complexity index is 2850. The van der Waals surface area contributed by atoms with Crippen LogP contribution in [-0.2, 0) is 94.9 Å². The fourth-order valence-electron chi connectivity index (χ4n) is 18.3. The molecule has 4 bridgehead atoms. The van der Waals surface area contributed by atoms with Gasteiger partial charge >= 0.3 is 11.9 Å². The molecule has 0 aliphatic carbocycles. The molecule has 7 heterocycles. The van der Waals surface area contributed by atoms with Gasteiger partial charge in [-0.1, -0.05) is 101 Å². The zero-order valence-electron chi connectivity index (χ0n) is 73.9. The smallest absolute Gasteiger partial charge is 0.331 e. The molecule has 28 nitrogen and oxygen atoms in total. The summed E-state index contributed by atoms with van der Waals surface area (Å²) in [5.41, 5.74) is 1.35. The predicted octanol–water partition coefficient (Wildman–Crippen LogP) is 9.16. The van der Waals surface area contributed by atoms with Crippen LogP contribution in [0.4, 0.5) is 0 Å². The van der Waals surface area contributed by atoms with Crippen molar-refractivity contribution in [2.75, 3.05) is 70.1 Å². The Labute approximate surface area is 703 Å². The largest absolute Gasteiger partial charge is 0.458 e. The number of hydrogen-bond donors (Lipinski definition) is 8. The van der Waals surface area contributed by atoms with Crippen molar-refractivity contribution in [3.8, 4) is 0 Å². The third-order valence-electron chi connectivity index (χ3n) is 25.6. The molecule has 8 N–H and O–H groups in total. The van der Waals surface area contributed by atoms with Crippen molar-refractivity contribution in [1.82, 2.24) is 0 Å². The molecule has 0 spiro atoms. The van der Waals surface area contributed by atoms with Crippen molar-refractivity contribution in [2.45, 2.75) is 381 Å². The van der Waals surface area contributed by atoms with E-state index in [9.17, 15) is 50.4 Å². The quantitative estimate of drug-likeness (QED) is 0.0329. The zero-order chi connectivity index (χ0) is 86.4. The fourth-order valence-corrected chi connectivity index (χ4v) is 18.3. The van der Waals surface area contributed by atoms with Gasteiger partial charge in [0.05, 0.1) is 135 Å². The van der Waals surface area contributed by atoms with Gasteiger partial charge in [-0.25, -0.2) is 9.59 Å². The highest BCUT2D eigenvalue weighted by Gasteiger charge is 2.46. The molecule has 118 heavy (non-hydrogen) atoms. The van der Waals surface area contributed by atoms with Crippen molar-refractivity contribution < 1.29 is 136 Å². The Balaban J connectivity index is 1.18. The van der Waals surface area contributed by atoms with Gasteiger partial charge in [0.2, 0.25) is 0 Å². The summed E-state index contributed by atoms with van der Waals surface area (Å²) in [5, 5.41) is 94.5. The van der Waals surface area contributed by atoms with Crippen molar-refractivity contribution >= 4 is 11.9 Å². The van der Waals surface area contributed by atoms with Crippen molar-refractivity contribution in [3.63, 3.8) is 0 Å². The minimum atomic E-state index is -1.21. The highest BCUT2D eigenvalue weighted by Crippen LogP contribution is 2.38. The molecule has 0 amide bonds. The van der Waals surface area contributed by atoms with Gasteiger partial charge in [0.15, 0.2) is 12.6 Å². The Morgan fingerprint density at radius 1 is 0.407 bits per heavy atom. The number of cyclic esters (lactones) is 2. The second-order valence-corrected chi connectivity index (χ2v) is 35.0. The number of esters is 2. The summed E-state index contributed by atoms with van der Waals surface area (Å²) in [4.78, 5) is 28.7. The van der Waals surface area contributed by atoms with E-state index in [2.05, 4.69) is 0 Å². The lowest BCUT2D eigenvalue weighted by atomic mass is 9.79. The Hall–Kier alpha value is -3.58. The van der Waals surface area contributed by atoms with Gasteiger partial charge < -0.3 is 126 Å². The van der Waals surface area contributed by atoms with E-state index >= 15 is 0 Å². The van der Waals surface area contributed by atoms with Crippen molar-refractivity contribution in [2.24, 2.45) is 35.5 Å². The second-order valence-electron chi connectivity index (χ2n) is 35.0. The van der Waals surface area contributed by atoms with Gasteiger partial charge in [-0.2, -0.15) is 0 Å². The highest BCUT2D eigenvalue weighted by molar-refractivity contribution is 5.83. The van der Waals surface area contributed by atoms with Crippen LogP contribution < -0.4 is 0 Å². The van der Waals surface area contributed by atoms with Crippen LogP contribution in [0, 0.1) is 35.5 Å². The van der Waals surface area contributed by atoms with E-state index in [0.717, 1.165) is 25.7 Å². The van der Waals surface area contributed by atoms with Gasteiger partial charge in [-0.3, -0.25) is 0 Å². The van der Waals surface area contributed by atoms with Gasteiger partial charge in [0.1, 0.15) is 48.8 Å². The highest BCUT2D eigenvalue weighted by atomic mass is 16.7. The maximum absolute atomic E-state index is 14.3. The topological polar surface area (TPSA) is 362 Å². The fraction of sp³-hybridized carbons (Fsp3) is 0.844. The van der Waals surface area contributed by atoms with Crippen LogP contribution in [0.15, 0.2) is 71.9 Å². The summed E-state index contributed by atoms with van der Waals surface area (Å²) in [6.07, 6.45) is 6.78. The van der Waals surface area contributed by atoms with E-state index in [1.165, 1.54) is 40.6 Å². The van der Waals surface area contributed by atoms with Gasteiger partial charge in [0.25, 0.3) is 0 Å². The molecule has 7 aliphatic rings. The molecule has 0 aromatic heterocycles. The lowest BCUT2D eigenvalue weighted by molar-refractivity contribution is -0.293. The number of hydrogen-bond acceptors (Lipinski definition) is 28. The monoisotopic (exact) mass is 1680 g/mol. The number of carbonyl (C=O) groups excluding carboxylic acids is 2. The third kappa shape index (κ3) is 32.1. The molecular weight excluding hydrogens is 1530 g/mol. The summed E-state index contributed by atoms with van der Waals surface area (Å²) in [5.74, 6) is -4.93. The summed E-state index contributed by atoms with van der Waals surface area (Å²) >= 11 is 0. The SMILES string of the molecule is CO[C@@H]1C[C@@H](O)C[C@@H](O)[C@H](C)[C@@H]([C@@H](C)[C@@H](O)[C@@H](C)CC[C@H]2C[C@H](OC)C[C@H](C)O2)OC(=O)/C=C\C(C)=C\C[C@H](O[C@H]2OC[C@H](O)[C@@H](OC)[C@H]2OC)C[C@@H]2C=CC[C@@H](C[C@H](OC)C[C@@H](O)C[C@@H](O)[C@H](C)[C@@H]([C@@H](C)[C@@H](O)[C@@H](C)CC[C@H]3C[C@H](OC)C[C@H](C)O3)OC(=O)/C=C/C(C)=C\C[C@H](O[C@H]3OC[C@H](O)[C@@H](OC)[C@H]3OC)C[C@@H]3C=CC[C@@H](C1)O3)O2. The number of methoxy groups -OCH3 is 8. The van der Waals surface area contributed by atoms with E-state index in [0.29, 0.717) is 75.4 Å². The summed E-state index contributed by atoms with van der Waals surface area (Å²) in [6.45, 7) is 18.6. The lowest BCUT2D eigenvalue weighted by Crippen LogP contribution is -2.56. The number of ether oxygens (including phenoxy) is 18. The first-order valence-electron chi connectivity index (χ1n) is 43.6. The molecular formula is C90H152O28. The van der Waals surface area contributed by atoms with Crippen molar-refractivity contribution in [1.29, 1.82) is 0 Å². The number of allylic oxidation sites excluding steroid dienone is 4. The van der Waals surface area contributed by atoms with Crippen LogP contribution in [0.5, 0.6) is 0 Å². The van der Waals surface area contributed by atoms with Crippen LogP contribution in [0.2, 0.25) is 0 Å². The Morgan fingerprint density at radius 2 is 0.763 bits per heavy atom. The second kappa shape index (κ2) is 51.8. The molecule has 7 aliphatic heterocycles. The third-order valence-corrected chi connectivity index (χ3v) is 25.6. The first kappa shape index (κ1) is 102. The summed E-state index contributed by atoms with van der Waals surface area (Å²) in [7, 11) is 12.5. The molecule has 7 rings (SSSR count). The standard InChI is InChI=1S/C90H152O28/c1-51-25-31-69(115-89-87(107-17)85(105-15)77(95)49-109-89)43-63-21-19-23-65(113-63)45-73(103-13)40-62(92)42-76(94)58(8)84(60(10)82(100)54(4)30-34-68-48-72(102-12)38-56(6)112-68)118-80(98)36-28-52(2)26-32-70(116-90-88(108-18)86(106-16)78(96)50-110-90)44-64-22-20-24-66(114-64)46-74(104-14)39-61(91)41-75(93)57(7)83(117-79(97)35-27-51)59(9)81(99)53(3)29-33-67-47-71(101-11)37-55(5)111-67/h19-22,25-28,35-36,53-78,81-96,99-100H,23-24,29-34,37-50H2,1-18H3/b35-27-,36-28+,51-25+,52-26-/t53-,54-,55-,56-,57-,58-,59-,60-,61+,62+,63-,64-,65-,66-,67-,68-,69-,70-,71+,72+,73+,74+,75+,76+,77-,78-,81-,82-,83-,84-,85+,86+,87+,88+,89+,90+/m0/s1. The first-order chi connectivity index (χ1) is 56.3. The molecule has 0 aromatic rings. The number of carbonyl (C=O) groups is 2. The molecule has 0 saturated carbocycles. The molecule has 0 unspecified atom stereocenters.